The number of aromatic nitrogens is 2. The predicted octanol–water partition coefficient (Wildman–Crippen LogP) is 3.14. The molecule has 2 N–H and O–H groups in total. The topological polar surface area (TPSA) is 84.6 Å². The van der Waals surface area contributed by atoms with E-state index in [2.05, 4.69) is 30.5 Å². The zero-order chi connectivity index (χ0) is 21.1. The number of nitrogens with zero attached hydrogens (tertiary/aromatic N) is 3. The van der Waals surface area contributed by atoms with E-state index in [0.29, 0.717) is 42.7 Å². The zero-order valence-electron chi connectivity index (χ0n) is 16.6. The first-order valence-electron chi connectivity index (χ1n) is 9.39. The van der Waals surface area contributed by atoms with Gasteiger partial charge in [0.25, 0.3) is 0 Å². The molecular weight excluding hydrogens is 387 g/mol. The van der Waals surface area contributed by atoms with E-state index in [-0.39, 0.29) is 6.61 Å². The minimum absolute atomic E-state index is 0.0766. The summed E-state index contributed by atoms with van der Waals surface area (Å²) in [4.78, 5) is 8.68. The van der Waals surface area contributed by atoms with Crippen molar-refractivity contribution in [2.24, 2.45) is 4.99 Å². The van der Waals surface area contributed by atoms with Crippen molar-refractivity contribution >= 4 is 5.96 Å². The van der Waals surface area contributed by atoms with E-state index in [1.54, 1.807) is 19.1 Å². The normalized spacial score (nSPS) is 12.2. The van der Waals surface area contributed by atoms with Crippen molar-refractivity contribution in [1.29, 1.82) is 0 Å². The summed E-state index contributed by atoms with van der Waals surface area (Å²) in [6, 6.07) is 7.15. The van der Waals surface area contributed by atoms with Crippen LogP contribution in [-0.2, 0) is 24.3 Å². The average Bonchev–Trinajstić information content (AvgIpc) is 3.08. The van der Waals surface area contributed by atoms with Gasteiger partial charge in [-0.2, -0.15) is 18.2 Å². The van der Waals surface area contributed by atoms with Gasteiger partial charge in [-0.25, -0.2) is 4.99 Å². The molecule has 7 nitrogen and oxygen atoms in total. The average molecular weight is 413 g/mol. The number of hydrogen-bond donors (Lipinski definition) is 2. The first-order valence-corrected chi connectivity index (χ1v) is 9.39. The van der Waals surface area contributed by atoms with Crippen LogP contribution in [0.1, 0.15) is 36.2 Å². The number of benzene rings is 1. The van der Waals surface area contributed by atoms with Crippen molar-refractivity contribution in [3.05, 3.63) is 47.1 Å². The van der Waals surface area contributed by atoms with Crippen LogP contribution >= 0.6 is 0 Å². The maximum atomic E-state index is 12.1. The molecule has 0 unspecified atom stereocenters. The molecule has 0 radical (unpaired) electrons. The Labute approximate surface area is 167 Å². The Morgan fingerprint density at radius 1 is 1.17 bits per heavy atom. The monoisotopic (exact) mass is 413 g/mol. The second-order valence-corrected chi connectivity index (χ2v) is 6.39. The summed E-state index contributed by atoms with van der Waals surface area (Å²) in [5.41, 5.74) is 1.63. The molecule has 0 aliphatic heterocycles. The van der Waals surface area contributed by atoms with Crippen molar-refractivity contribution in [3.8, 4) is 0 Å². The molecule has 0 bridgehead atoms. The number of ether oxygens (including phenoxy) is 1. The van der Waals surface area contributed by atoms with Crippen LogP contribution in [0.15, 0.2) is 33.8 Å². The van der Waals surface area contributed by atoms with Crippen molar-refractivity contribution in [3.63, 3.8) is 0 Å². The first-order chi connectivity index (χ1) is 13.9. The van der Waals surface area contributed by atoms with Crippen LogP contribution in [0, 0.1) is 6.92 Å². The quantitative estimate of drug-likeness (QED) is 0.354. The molecule has 1 heterocycles. The summed E-state index contributed by atoms with van der Waals surface area (Å²) in [6.45, 7) is 4.31. The SMILES string of the molecule is CCNC(=NCc1ccc(COCC(F)(F)F)cc1)NCCCc1nc(C)no1. The highest BCUT2D eigenvalue weighted by Crippen LogP contribution is 2.16. The highest BCUT2D eigenvalue weighted by atomic mass is 19.4. The second-order valence-electron chi connectivity index (χ2n) is 6.39. The minimum Gasteiger partial charge on any atom is -0.367 e. The van der Waals surface area contributed by atoms with Crippen LogP contribution in [0.25, 0.3) is 0 Å². The standard InChI is InChI=1S/C19H26F3N5O2/c1-3-23-18(24-10-4-5-17-26-14(2)27-29-17)25-11-15-6-8-16(9-7-15)12-28-13-19(20,21)22/h6-9H,3-5,10-13H2,1-2H3,(H2,23,24,25). The molecule has 0 saturated carbocycles. The summed E-state index contributed by atoms with van der Waals surface area (Å²) in [5.74, 6) is 1.93. The van der Waals surface area contributed by atoms with E-state index >= 15 is 0 Å². The van der Waals surface area contributed by atoms with Crippen LogP contribution in [0.3, 0.4) is 0 Å². The Bertz CT molecular complexity index is 760. The lowest BCUT2D eigenvalue weighted by molar-refractivity contribution is -0.176. The van der Waals surface area contributed by atoms with Crippen molar-refractivity contribution in [2.75, 3.05) is 19.7 Å². The number of hydrogen-bond acceptors (Lipinski definition) is 5. The smallest absolute Gasteiger partial charge is 0.367 e. The van der Waals surface area contributed by atoms with Gasteiger partial charge >= 0.3 is 6.18 Å². The Balaban J connectivity index is 1.76. The fourth-order valence-corrected chi connectivity index (χ4v) is 2.43. The number of rotatable bonds is 10. The molecule has 0 atom stereocenters. The maximum absolute atomic E-state index is 12.1. The molecule has 29 heavy (non-hydrogen) atoms. The number of aliphatic imine (C=N–C) groups is 1. The zero-order valence-corrected chi connectivity index (χ0v) is 16.6. The van der Waals surface area contributed by atoms with Gasteiger partial charge in [0.1, 0.15) is 6.61 Å². The van der Waals surface area contributed by atoms with Crippen molar-refractivity contribution < 1.29 is 22.4 Å². The van der Waals surface area contributed by atoms with Gasteiger partial charge in [0.05, 0.1) is 13.2 Å². The Morgan fingerprint density at radius 2 is 1.90 bits per heavy atom. The fraction of sp³-hybridized carbons (Fsp3) is 0.526. The summed E-state index contributed by atoms with van der Waals surface area (Å²) in [7, 11) is 0. The van der Waals surface area contributed by atoms with Crippen molar-refractivity contribution in [1.82, 2.24) is 20.8 Å². The molecule has 1 aromatic heterocycles. The van der Waals surface area contributed by atoms with Gasteiger partial charge in [0, 0.05) is 19.5 Å². The highest BCUT2D eigenvalue weighted by molar-refractivity contribution is 5.79. The van der Waals surface area contributed by atoms with Gasteiger partial charge < -0.3 is 19.9 Å². The van der Waals surface area contributed by atoms with Gasteiger partial charge in [-0.1, -0.05) is 29.4 Å². The fourth-order valence-electron chi connectivity index (χ4n) is 2.43. The molecule has 2 aromatic rings. The van der Waals surface area contributed by atoms with Crippen LogP contribution < -0.4 is 10.6 Å². The van der Waals surface area contributed by atoms with Gasteiger partial charge in [-0.15, -0.1) is 0 Å². The lowest BCUT2D eigenvalue weighted by atomic mass is 10.1. The number of nitrogens with one attached hydrogen (secondary N) is 2. The molecule has 10 heteroatoms. The molecule has 0 spiro atoms. The number of halogens is 3. The van der Waals surface area contributed by atoms with Crippen LogP contribution in [0.2, 0.25) is 0 Å². The second kappa shape index (κ2) is 11.4. The third-order valence-electron chi connectivity index (χ3n) is 3.75. The lowest BCUT2D eigenvalue weighted by Gasteiger charge is -2.11. The molecule has 0 aliphatic rings. The lowest BCUT2D eigenvalue weighted by Crippen LogP contribution is -2.37. The third kappa shape index (κ3) is 9.42. The summed E-state index contributed by atoms with van der Waals surface area (Å²) < 4.78 is 46.0. The van der Waals surface area contributed by atoms with E-state index < -0.39 is 12.8 Å². The first kappa shape index (κ1) is 22.7. The van der Waals surface area contributed by atoms with E-state index in [0.717, 1.165) is 18.5 Å². The summed E-state index contributed by atoms with van der Waals surface area (Å²) in [5, 5.41) is 10.2. The maximum Gasteiger partial charge on any atom is 0.411 e. The van der Waals surface area contributed by atoms with Crippen LogP contribution in [-0.4, -0.2) is 42.0 Å². The van der Waals surface area contributed by atoms with Gasteiger partial charge in [-0.3, -0.25) is 0 Å². The van der Waals surface area contributed by atoms with Gasteiger partial charge in [-0.05, 0) is 31.4 Å². The minimum atomic E-state index is -4.31. The largest absolute Gasteiger partial charge is 0.411 e. The number of aryl methyl sites for hydroxylation is 2. The van der Waals surface area contributed by atoms with E-state index in [9.17, 15) is 13.2 Å². The summed E-state index contributed by atoms with van der Waals surface area (Å²) in [6.07, 6.45) is -2.81. The molecule has 0 aliphatic carbocycles. The molecule has 160 valence electrons. The molecule has 0 amide bonds. The Kier molecular flexibility index (Phi) is 8.91. The molecule has 0 saturated heterocycles. The van der Waals surface area contributed by atoms with E-state index in [1.807, 2.05) is 19.1 Å². The van der Waals surface area contributed by atoms with Gasteiger partial charge in [0.15, 0.2) is 11.8 Å². The Morgan fingerprint density at radius 3 is 2.52 bits per heavy atom. The molecule has 1 aromatic carbocycles. The van der Waals surface area contributed by atoms with Crippen LogP contribution in [0.4, 0.5) is 13.2 Å². The number of guanidine groups is 1. The van der Waals surface area contributed by atoms with Gasteiger partial charge in [0.2, 0.25) is 5.89 Å². The molecular formula is C19H26F3N5O2. The number of alkyl halides is 3. The predicted molar refractivity (Wildman–Crippen MR) is 102 cm³/mol. The highest BCUT2D eigenvalue weighted by Gasteiger charge is 2.27. The molecule has 0 fully saturated rings. The van der Waals surface area contributed by atoms with E-state index in [1.165, 1.54) is 0 Å². The Hall–Kier alpha value is -2.62. The summed E-state index contributed by atoms with van der Waals surface area (Å²) >= 11 is 0. The van der Waals surface area contributed by atoms with E-state index in [4.69, 9.17) is 4.52 Å². The van der Waals surface area contributed by atoms with Crippen molar-refractivity contribution in [2.45, 2.75) is 46.0 Å². The third-order valence-corrected chi connectivity index (χ3v) is 3.75. The molecule has 2 rings (SSSR count). The van der Waals surface area contributed by atoms with Crippen LogP contribution in [0.5, 0.6) is 0 Å².